The fourth-order valence-electron chi connectivity index (χ4n) is 13.4. The van der Waals surface area contributed by atoms with Crippen molar-refractivity contribution in [2.75, 3.05) is 19.8 Å². The van der Waals surface area contributed by atoms with Crippen LogP contribution in [0.1, 0.15) is 79.1 Å². The van der Waals surface area contributed by atoms with Crippen molar-refractivity contribution >= 4 is 0 Å². The summed E-state index contributed by atoms with van der Waals surface area (Å²) in [6, 6.07) is 0. The number of ether oxygens (including phenoxy) is 8. The summed E-state index contributed by atoms with van der Waals surface area (Å²) < 4.78 is 50.4. The van der Waals surface area contributed by atoms with Crippen LogP contribution in [0, 0.1) is 40.4 Å². The van der Waals surface area contributed by atoms with Crippen LogP contribution in [-0.2, 0) is 37.9 Å². The van der Waals surface area contributed by atoms with Crippen LogP contribution in [0.15, 0.2) is 23.8 Å². The molecule has 0 radical (unpaired) electrons. The van der Waals surface area contributed by atoms with E-state index in [0.717, 1.165) is 49.7 Å². The molecule has 16 heteroatoms. The molecule has 59 heavy (non-hydrogen) atoms. The van der Waals surface area contributed by atoms with Gasteiger partial charge in [0.2, 0.25) is 0 Å². The molecule has 0 aromatic rings. The highest BCUT2D eigenvalue weighted by Crippen LogP contribution is 2.71. The van der Waals surface area contributed by atoms with Crippen LogP contribution in [0.3, 0.4) is 0 Å². The van der Waals surface area contributed by atoms with Gasteiger partial charge in [-0.2, -0.15) is 0 Å². The van der Waals surface area contributed by atoms with E-state index in [-0.39, 0.29) is 43.0 Å². The van der Waals surface area contributed by atoms with Crippen LogP contribution in [0.2, 0.25) is 0 Å². The molecule has 8 N–H and O–H groups in total. The second-order valence-corrected chi connectivity index (χ2v) is 19.8. The molecule has 8 fully saturated rings. The summed E-state index contributed by atoms with van der Waals surface area (Å²) in [7, 11) is 0. The predicted octanol–water partition coefficient (Wildman–Crippen LogP) is 0.383. The quantitative estimate of drug-likeness (QED) is 0.169. The standard InChI is InChI=1S/C43H66O16/c1-18-8-11-43(54-15-18)19(2)30-28(59-43)14-25-23-7-6-21-12-22(44)13-29(42(21,5)24(23)9-10-41(25,30)4)56-40-37(58-39-35(51)33(49)31(47)20(3)55-39)36(27(46)17-53-40)57-38-34(50)32(48)26(45)16-52-38/h6,19-20,22-40,44-51H,1,7-17H2,2-5H3. The molecule has 0 amide bonds. The van der Waals surface area contributed by atoms with Crippen molar-refractivity contribution < 1.29 is 78.7 Å². The lowest BCUT2D eigenvalue weighted by molar-refractivity contribution is -0.382. The monoisotopic (exact) mass is 838 g/mol. The Labute approximate surface area is 345 Å². The molecule has 5 aliphatic heterocycles. The molecule has 1 spiro atoms. The van der Waals surface area contributed by atoms with E-state index in [4.69, 9.17) is 37.9 Å². The van der Waals surface area contributed by atoms with Crippen LogP contribution in [0.5, 0.6) is 0 Å². The molecule has 16 nitrogen and oxygen atoms in total. The highest BCUT2D eigenvalue weighted by Gasteiger charge is 2.69. The summed E-state index contributed by atoms with van der Waals surface area (Å²) >= 11 is 0. The average Bonchev–Trinajstić information content (AvgIpc) is 3.65. The van der Waals surface area contributed by atoms with Gasteiger partial charge in [-0.25, -0.2) is 0 Å². The van der Waals surface area contributed by atoms with E-state index in [9.17, 15) is 40.9 Å². The lowest BCUT2D eigenvalue weighted by Crippen LogP contribution is -2.65. The van der Waals surface area contributed by atoms with E-state index in [1.165, 1.54) is 6.92 Å². The van der Waals surface area contributed by atoms with Crippen LogP contribution in [0.4, 0.5) is 0 Å². The maximum atomic E-state index is 11.4. The van der Waals surface area contributed by atoms with Gasteiger partial charge >= 0.3 is 0 Å². The Bertz CT molecular complexity index is 1590. The fraction of sp³-hybridized carbons (Fsp3) is 0.907. The molecule has 0 aromatic carbocycles. The maximum Gasteiger partial charge on any atom is 0.187 e. The van der Waals surface area contributed by atoms with Crippen molar-refractivity contribution in [3.05, 3.63) is 23.8 Å². The number of allylic oxidation sites excluding steroid dienone is 1. The molecular formula is C43H66O16. The molecule has 5 saturated heterocycles. The third kappa shape index (κ3) is 6.95. The van der Waals surface area contributed by atoms with Gasteiger partial charge in [0.1, 0.15) is 54.9 Å². The van der Waals surface area contributed by atoms with E-state index >= 15 is 0 Å². The predicted molar refractivity (Wildman–Crippen MR) is 204 cm³/mol. The first kappa shape index (κ1) is 43.1. The zero-order valence-electron chi connectivity index (χ0n) is 34.5. The number of hydrogen-bond acceptors (Lipinski definition) is 16. The minimum absolute atomic E-state index is 0.0520. The van der Waals surface area contributed by atoms with E-state index in [1.807, 2.05) is 0 Å². The highest BCUT2D eigenvalue weighted by atomic mass is 16.8. The van der Waals surface area contributed by atoms with Gasteiger partial charge in [-0.1, -0.05) is 44.6 Å². The van der Waals surface area contributed by atoms with Crippen LogP contribution >= 0.6 is 0 Å². The largest absolute Gasteiger partial charge is 0.393 e. The molecule has 4 aliphatic carbocycles. The average molecular weight is 839 g/mol. The molecule has 3 saturated carbocycles. The van der Waals surface area contributed by atoms with Crippen LogP contribution in [0.25, 0.3) is 0 Å². The van der Waals surface area contributed by atoms with Crippen molar-refractivity contribution in [2.24, 2.45) is 40.4 Å². The first-order chi connectivity index (χ1) is 28.0. The normalized spacial score (nSPS) is 57.5. The van der Waals surface area contributed by atoms with Crippen molar-refractivity contribution in [3.63, 3.8) is 0 Å². The van der Waals surface area contributed by atoms with Crippen LogP contribution < -0.4 is 0 Å². The summed E-state index contributed by atoms with van der Waals surface area (Å²) in [5.41, 5.74) is 1.77. The van der Waals surface area contributed by atoms with Gasteiger partial charge in [-0.15, -0.1) is 0 Å². The zero-order valence-corrected chi connectivity index (χ0v) is 34.5. The van der Waals surface area contributed by atoms with E-state index in [2.05, 4.69) is 33.4 Å². The molecule has 0 bridgehead atoms. The number of hydrogen-bond donors (Lipinski definition) is 8. The maximum absolute atomic E-state index is 11.4. The topological polar surface area (TPSA) is 236 Å². The van der Waals surface area contributed by atoms with E-state index in [1.54, 1.807) is 0 Å². The molecule has 5 heterocycles. The van der Waals surface area contributed by atoms with Gasteiger partial charge < -0.3 is 78.7 Å². The lowest BCUT2D eigenvalue weighted by Gasteiger charge is -2.60. The van der Waals surface area contributed by atoms with Crippen molar-refractivity contribution in [2.45, 2.75) is 183 Å². The Morgan fingerprint density at radius 2 is 1.47 bits per heavy atom. The van der Waals surface area contributed by atoms with Gasteiger partial charge in [0, 0.05) is 24.2 Å². The molecule has 24 unspecified atom stereocenters. The Morgan fingerprint density at radius 3 is 2.22 bits per heavy atom. The summed E-state index contributed by atoms with van der Waals surface area (Å²) in [4.78, 5) is 0. The fourth-order valence-corrected chi connectivity index (χ4v) is 13.4. The Hall–Kier alpha value is -1.16. The number of aliphatic hydroxyl groups excluding tert-OH is 8. The molecule has 24 atom stereocenters. The Morgan fingerprint density at radius 1 is 0.763 bits per heavy atom. The minimum Gasteiger partial charge on any atom is -0.393 e. The number of aliphatic hydroxyl groups is 8. The van der Waals surface area contributed by atoms with Crippen LogP contribution in [-0.4, -0.2) is 165 Å². The first-order valence-corrected chi connectivity index (χ1v) is 21.9. The minimum atomic E-state index is -1.72. The van der Waals surface area contributed by atoms with Crippen molar-refractivity contribution in [1.29, 1.82) is 0 Å². The number of rotatable bonds is 6. The second-order valence-electron chi connectivity index (χ2n) is 19.8. The van der Waals surface area contributed by atoms with Gasteiger partial charge in [0.25, 0.3) is 0 Å². The highest BCUT2D eigenvalue weighted by molar-refractivity contribution is 5.29. The van der Waals surface area contributed by atoms with Gasteiger partial charge in [0.05, 0.1) is 44.2 Å². The summed E-state index contributed by atoms with van der Waals surface area (Å²) in [5, 5.41) is 86.2. The van der Waals surface area contributed by atoms with Gasteiger partial charge in [0.15, 0.2) is 24.7 Å². The summed E-state index contributed by atoms with van der Waals surface area (Å²) in [6.45, 7) is 12.6. The first-order valence-electron chi connectivity index (χ1n) is 21.9. The smallest absolute Gasteiger partial charge is 0.187 e. The van der Waals surface area contributed by atoms with Crippen molar-refractivity contribution in [1.82, 2.24) is 0 Å². The molecule has 9 rings (SSSR count). The summed E-state index contributed by atoms with van der Waals surface area (Å²) in [6.07, 6.45) is -11.4. The zero-order chi connectivity index (χ0) is 41.9. The van der Waals surface area contributed by atoms with E-state index < -0.39 is 103 Å². The Balaban J connectivity index is 0.994. The third-order valence-electron chi connectivity index (χ3n) is 16.7. The number of fused-ring (bicyclic) bond motifs is 7. The SMILES string of the molecule is C=C1CCC2(OC1)OC1CC3C4CC=C5CC(O)CC(OC6OCC(O)C(OC7OCC(O)C(O)C7O)C6OC6OC(C)C(O)C(O)C6O)C5(C)C4CCC3(C)C1C2C. The molecular weight excluding hydrogens is 772 g/mol. The third-order valence-corrected chi connectivity index (χ3v) is 16.7. The van der Waals surface area contributed by atoms with Gasteiger partial charge in [-0.3, -0.25) is 0 Å². The molecule has 334 valence electrons. The second kappa shape index (κ2) is 15.8. The molecule has 9 aliphatic rings. The van der Waals surface area contributed by atoms with Gasteiger partial charge in [-0.05, 0) is 74.5 Å². The van der Waals surface area contributed by atoms with E-state index in [0.29, 0.717) is 30.8 Å². The summed E-state index contributed by atoms with van der Waals surface area (Å²) in [5.74, 6) is 0.989. The molecule has 0 aromatic heterocycles. The lowest BCUT2D eigenvalue weighted by atomic mass is 9.46. The Kier molecular flexibility index (Phi) is 11.6. The van der Waals surface area contributed by atoms with Crippen molar-refractivity contribution in [3.8, 4) is 0 Å².